The minimum Gasteiger partial charge on any atom is -0.455 e. The van der Waals surface area contributed by atoms with Gasteiger partial charge in [0, 0.05) is 58.8 Å². The molecule has 11 rings (SSSR count). The molecule has 0 saturated carbocycles. The van der Waals surface area contributed by atoms with Crippen LogP contribution >= 0.6 is 11.3 Å². The first-order valence-electron chi connectivity index (χ1n) is 17.4. The molecule has 0 aliphatic heterocycles. The van der Waals surface area contributed by atoms with Gasteiger partial charge < -0.3 is 4.42 Å². The normalized spacial score (nSPS) is 11.8. The fourth-order valence-electron chi connectivity index (χ4n) is 7.65. The van der Waals surface area contributed by atoms with E-state index in [2.05, 4.69) is 121 Å². The third kappa shape index (κ3) is 4.50. The number of fused-ring (bicyclic) bond motifs is 9. The maximum absolute atomic E-state index is 6.80. The van der Waals surface area contributed by atoms with E-state index in [1.54, 1.807) is 0 Å². The lowest BCUT2D eigenvalue weighted by molar-refractivity contribution is 0.670. The number of para-hydroxylation sites is 1. The van der Waals surface area contributed by atoms with Crippen LogP contribution in [-0.4, -0.2) is 15.0 Å². The summed E-state index contributed by atoms with van der Waals surface area (Å²) in [4.78, 5) is 15.3. The predicted octanol–water partition coefficient (Wildman–Crippen LogP) is 13.1. The van der Waals surface area contributed by atoms with Gasteiger partial charge in [0.2, 0.25) is 0 Å². The Labute approximate surface area is 302 Å². The predicted molar refractivity (Wildman–Crippen MR) is 217 cm³/mol. The topological polar surface area (TPSA) is 51.8 Å². The monoisotopic (exact) mass is 681 g/mol. The van der Waals surface area contributed by atoms with Crippen LogP contribution in [0.15, 0.2) is 168 Å². The van der Waals surface area contributed by atoms with Gasteiger partial charge in [-0.05, 0) is 33.7 Å². The van der Waals surface area contributed by atoms with E-state index >= 15 is 0 Å². The Morgan fingerprint density at radius 2 is 1.02 bits per heavy atom. The van der Waals surface area contributed by atoms with Crippen LogP contribution in [0.5, 0.6) is 0 Å². The summed E-state index contributed by atoms with van der Waals surface area (Å²) >= 11 is 1.86. The fraction of sp³-hybridized carbons (Fsp3) is 0. The first-order chi connectivity index (χ1) is 25.8. The summed E-state index contributed by atoms with van der Waals surface area (Å²) in [5, 5.41) is 9.42. The van der Waals surface area contributed by atoms with Crippen LogP contribution < -0.4 is 0 Å². The molecule has 0 spiro atoms. The molecule has 0 fully saturated rings. The van der Waals surface area contributed by atoms with Crippen LogP contribution in [0.2, 0.25) is 0 Å². The van der Waals surface area contributed by atoms with E-state index in [0.29, 0.717) is 17.5 Å². The summed E-state index contributed by atoms with van der Waals surface area (Å²) in [7, 11) is 0. The molecule has 0 unspecified atom stereocenters. The highest BCUT2D eigenvalue weighted by Gasteiger charge is 2.21. The highest BCUT2D eigenvalue weighted by atomic mass is 32.1. The van der Waals surface area contributed by atoms with Crippen molar-refractivity contribution in [2.24, 2.45) is 0 Å². The number of rotatable bonds is 4. The molecule has 11 aromatic rings. The second kappa shape index (κ2) is 11.4. The number of benzene rings is 8. The molecule has 0 aliphatic carbocycles. The van der Waals surface area contributed by atoms with E-state index in [4.69, 9.17) is 19.4 Å². The Bertz CT molecular complexity index is 3200. The summed E-state index contributed by atoms with van der Waals surface area (Å²) < 4.78 is 9.37. The van der Waals surface area contributed by atoms with Gasteiger partial charge in [-0.1, -0.05) is 152 Å². The lowest BCUT2D eigenvalue weighted by Gasteiger charge is -2.10. The van der Waals surface area contributed by atoms with E-state index in [1.165, 1.54) is 41.9 Å². The van der Waals surface area contributed by atoms with Crippen LogP contribution in [0, 0.1) is 0 Å². The molecule has 3 heterocycles. The molecule has 4 nitrogen and oxygen atoms in total. The molecule has 8 aromatic carbocycles. The van der Waals surface area contributed by atoms with Crippen molar-refractivity contribution in [2.45, 2.75) is 0 Å². The third-order valence-electron chi connectivity index (χ3n) is 10.1. The molecule has 0 amide bonds. The zero-order chi connectivity index (χ0) is 34.2. The molecule has 0 radical (unpaired) electrons. The number of nitrogens with zero attached hydrogens (tertiary/aromatic N) is 3. The highest BCUT2D eigenvalue weighted by molar-refractivity contribution is 7.27. The summed E-state index contributed by atoms with van der Waals surface area (Å²) in [5.41, 5.74) is 6.66. The number of furan rings is 1. The van der Waals surface area contributed by atoms with Gasteiger partial charge in [-0.15, -0.1) is 11.3 Å². The average molecular weight is 682 g/mol. The van der Waals surface area contributed by atoms with Crippen LogP contribution in [0.25, 0.3) is 109 Å². The zero-order valence-corrected chi connectivity index (χ0v) is 28.6. The molecule has 5 heteroatoms. The fourth-order valence-corrected chi connectivity index (χ4v) is 9.02. The molecule has 0 N–H and O–H groups in total. The minimum absolute atomic E-state index is 0.606. The molecule has 0 atom stereocenters. The van der Waals surface area contributed by atoms with Crippen molar-refractivity contribution >= 4 is 75.0 Å². The first-order valence-corrected chi connectivity index (χ1v) is 18.2. The lowest BCUT2D eigenvalue weighted by Crippen LogP contribution is -2.00. The van der Waals surface area contributed by atoms with E-state index in [1.807, 2.05) is 53.8 Å². The van der Waals surface area contributed by atoms with Gasteiger partial charge in [0.1, 0.15) is 11.2 Å². The first kappa shape index (κ1) is 29.1. The molecule has 3 aromatic heterocycles. The van der Waals surface area contributed by atoms with Crippen LogP contribution in [-0.2, 0) is 0 Å². The zero-order valence-electron chi connectivity index (χ0n) is 27.7. The van der Waals surface area contributed by atoms with Crippen molar-refractivity contribution in [3.63, 3.8) is 0 Å². The maximum Gasteiger partial charge on any atom is 0.164 e. The smallest absolute Gasteiger partial charge is 0.164 e. The average Bonchev–Trinajstić information content (AvgIpc) is 3.80. The van der Waals surface area contributed by atoms with Gasteiger partial charge in [-0.25, -0.2) is 15.0 Å². The molecule has 0 aliphatic rings. The number of hydrogen-bond donors (Lipinski definition) is 0. The van der Waals surface area contributed by atoms with Crippen LogP contribution in [0.4, 0.5) is 0 Å². The SMILES string of the molecule is c1ccc(-c2nc(-c3ccc4ccccc4c3)nc(-c3cccc4oc5c(-c6cccc7c6sc6c8ccccc8ccc76)cccc5c34)n2)cc1. The van der Waals surface area contributed by atoms with Gasteiger partial charge in [0.15, 0.2) is 17.5 Å². The van der Waals surface area contributed by atoms with E-state index < -0.39 is 0 Å². The molecular formula is C47H27N3OS. The van der Waals surface area contributed by atoms with E-state index in [-0.39, 0.29) is 0 Å². The summed E-state index contributed by atoms with van der Waals surface area (Å²) in [5.74, 6) is 1.86. The third-order valence-corrected chi connectivity index (χ3v) is 11.4. The van der Waals surface area contributed by atoms with Crippen molar-refractivity contribution in [1.82, 2.24) is 15.0 Å². The van der Waals surface area contributed by atoms with E-state index in [9.17, 15) is 0 Å². The molecule has 0 saturated heterocycles. The van der Waals surface area contributed by atoms with Gasteiger partial charge in [0.25, 0.3) is 0 Å². The Balaban J connectivity index is 1.14. The van der Waals surface area contributed by atoms with Gasteiger partial charge >= 0.3 is 0 Å². The summed E-state index contributed by atoms with van der Waals surface area (Å²) in [6, 6.07) is 57.2. The number of hydrogen-bond acceptors (Lipinski definition) is 5. The van der Waals surface area contributed by atoms with Crippen molar-refractivity contribution in [2.75, 3.05) is 0 Å². The largest absolute Gasteiger partial charge is 0.455 e. The Morgan fingerprint density at radius 1 is 0.385 bits per heavy atom. The van der Waals surface area contributed by atoms with Gasteiger partial charge in [0.05, 0.1) is 0 Å². The van der Waals surface area contributed by atoms with Crippen molar-refractivity contribution in [1.29, 1.82) is 0 Å². The lowest BCUT2D eigenvalue weighted by atomic mass is 9.98. The molecule has 242 valence electrons. The minimum atomic E-state index is 0.606. The van der Waals surface area contributed by atoms with Gasteiger partial charge in [-0.3, -0.25) is 0 Å². The summed E-state index contributed by atoms with van der Waals surface area (Å²) in [6.07, 6.45) is 0. The number of aromatic nitrogens is 3. The van der Waals surface area contributed by atoms with Crippen LogP contribution in [0.1, 0.15) is 0 Å². The van der Waals surface area contributed by atoms with Crippen molar-refractivity contribution < 1.29 is 4.42 Å². The standard InChI is InChI=1S/C47H27N3OS/c1-2-13-30(14-3-1)45-48-46(32-24-23-28-11-4-5-15-31(28)27-32)50-47(49-45)39-21-10-22-40-41(39)38-20-8-17-34(42(38)51-40)35-18-9-19-36-37-26-25-29-12-6-7-16-33(29)43(37)52-44(35)36/h1-27H. The molecule has 0 bridgehead atoms. The van der Waals surface area contributed by atoms with Crippen molar-refractivity contribution in [3.05, 3.63) is 164 Å². The summed E-state index contributed by atoms with van der Waals surface area (Å²) in [6.45, 7) is 0. The number of thiophene rings is 1. The van der Waals surface area contributed by atoms with E-state index in [0.717, 1.165) is 49.6 Å². The van der Waals surface area contributed by atoms with Crippen LogP contribution in [0.3, 0.4) is 0 Å². The highest BCUT2D eigenvalue weighted by Crippen LogP contribution is 2.46. The van der Waals surface area contributed by atoms with Crippen molar-refractivity contribution in [3.8, 4) is 45.3 Å². The Kier molecular flexibility index (Phi) is 6.39. The Morgan fingerprint density at radius 3 is 1.90 bits per heavy atom. The quantitative estimate of drug-likeness (QED) is 0.185. The second-order valence-corrected chi connectivity index (χ2v) is 14.2. The Hall–Kier alpha value is -6.69. The second-order valence-electron chi connectivity index (χ2n) is 13.1. The molecule has 52 heavy (non-hydrogen) atoms. The maximum atomic E-state index is 6.80. The van der Waals surface area contributed by atoms with Gasteiger partial charge in [-0.2, -0.15) is 0 Å². The molecular weight excluding hydrogens is 655 g/mol.